The lowest BCUT2D eigenvalue weighted by molar-refractivity contribution is 0.199. The number of guanidine groups is 1. The molecule has 0 spiro atoms. The van der Waals surface area contributed by atoms with Gasteiger partial charge in [0.15, 0.2) is 5.96 Å². The first kappa shape index (κ1) is 23.9. The summed E-state index contributed by atoms with van der Waals surface area (Å²) in [6.07, 6.45) is 2.34. The average molecular weight is 487 g/mol. The third-order valence-electron chi connectivity index (χ3n) is 3.26. The standard InChI is InChI=1S/C16H26FN3O3S.HI/c1-4-14(23-15-8-5-7-13(17)11-15)12-20-16(18-2)19-9-6-10-24(3,21)22;/h5,7-8,11,14H,4,6,9-10,12H2,1-3H3,(H2,18,19,20);1H. The Bertz CT molecular complexity index is 641. The van der Waals surface area contributed by atoms with Crippen LogP contribution in [0.25, 0.3) is 0 Å². The monoisotopic (exact) mass is 487 g/mol. The molecule has 0 amide bonds. The van der Waals surface area contributed by atoms with Crippen molar-refractivity contribution < 1.29 is 17.5 Å². The molecule has 9 heteroatoms. The number of hydrogen-bond donors (Lipinski definition) is 2. The summed E-state index contributed by atoms with van der Waals surface area (Å²) in [6, 6.07) is 6.03. The van der Waals surface area contributed by atoms with E-state index in [1.54, 1.807) is 19.2 Å². The molecule has 0 saturated carbocycles. The van der Waals surface area contributed by atoms with Crippen LogP contribution in [0.15, 0.2) is 29.3 Å². The van der Waals surface area contributed by atoms with Crippen LogP contribution in [0.3, 0.4) is 0 Å². The zero-order chi connectivity index (χ0) is 18.0. The lowest BCUT2D eigenvalue weighted by Crippen LogP contribution is -2.43. The van der Waals surface area contributed by atoms with Gasteiger partial charge in [-0.3, -0.25) is 4.99 Å². The lowest BCUT2D eigenvalue weighted by Gasteiger charge is -2.20. The number of rotatable bonds is 9. The molecule has 1 atom stereocenters. The Morgan fingerprint density at radius 3 is 2.64 bits per heavy atom. The van der Waals surface area contributed by atoms with Gasteiger partial charge in [0.1, 0.15) is 27.5 Å². The molecule has 1 aromatic carbocycles. The highest BCUT2D eigenvalue weighted by atomic mass is 127. The molecule has 1 unspecified atom stereocenters. The molecule has 0 aliphatic heterocycles. The van der Waals surface area contributed by atoms with Crippen molar-refractivity contribution in [3.05, 3.63) is 30.1 Å². The zero-order valence-electron chi connectivity index (χ0n) is 14.8. The van der Waals surface area contributed by atoms with Crippen LogP contribution in [0.2, 0.25) is 0 Å². The van der Waals surface area contributed by atoms with Crippen molar-refractivity contribution in [2.24, 2.45) is 4.99 Å². The van der Waals surface area contributed by atoms with E-state index in [1.165, 1.54) is 18.4 Å². The summed E-state index contributed by atoms with van der Waals surface area (Å²) in [5.41, 5.74) is 0. The number of halogens is 2. The van der Waals surface area contributed by atoms with E-state index in [0.29, 0.717) is 31.2 Å². The van der Waals surface area contributed by atoms with Gasteiger partial charge in [0, 0.05) is 25.9 Å². The molecule has 1 aromatic rings. The number of aliphatic imine (C=N–C) groups is 1. The van der Waals surface area contributed by atoms with E-state index >= 15 is 0 Å². The number of ether oxygens (including phenoxy) is 1. The van der Waals surface area contributed by atoms with Gasteiger partial charge in [-0.05, 0) is 25.0 Å². The molecule has 0 aliphatic carbocycles. The van der Waals surface area contributed by atoms with Gasteiger partial charge in [0.25, 0.3) is 0 Å². The summed E-state index contributed by atoms with van der Waals surface area (Å²) in [7, 11) is -1.31. The number of sulfone groups is 1. The summed E-state index contributed by atoms with van der Waals surface area (Å²) in [5, 5.41) is 6.18. The van der Waals surface area contributed by atoms with Gasteiger partial charge in [0.2, 0.25) is 0 Å². The van der Waals surface area contributed by atoms with Gasteiger partial charge in [-0.2, -0.15) is 0 Å². The van der Waals surface area contributed by atoms with E-state index in [2.05, 4.69) is 15.6 Å². The summed E-state index contributed by atoms with van der Waals surface area (Å²) < 4.78 is 41.1. The molecule has 0 radical (unpaired) electrons. The predicted molar refractivity (Wildman–Crippen MR) is 110 cm³/mol. The Morgan fingerprint density at radius 2 is 2.08 bits per heavy atom. The lowest BCUT2D eigenvalue weighted by atomic mass is 10.2. The minimum atomic E-state index is -2.95. The molecule has 144 valence electrons. The van der Waals surface area contributed by atoms with E-state index in [4.69, 9.17) is 4.74 Å². The smallest absolute Gasteiger partial charge is 0.191 e. The fourth-order valence-corrected chi connectivity index (χ4v) is 2.64. The fraction of sp³-hybridized carbons (Fsp3) is 0.562. The van der Waals surface area contributed by atoms with E-state index in [1.807, 2.05) is 6.92 Å². The number of nitrogens with zero attached hydrogens (tertiary/aromatic N) is 1. The highest BCUT2D eigenvalue weighted by Crippen LogP contribution is 2.14. The Hall–Kier alpha value is -1.10. The average Bonchev–Trinajstić information content (AvgIpc) is 2.52. The molecular formula is C16H27FIN3O3S. The Balaban J connectivity index is 0.00000576. The molecule has 0 aromatic heterocycles. The Kier molecular flexibility index (Phi) is 11.7. The summed E-state index contributed by atoms with van der Waals surface area (Å²) >= 11 is 0. The molecule has 0 fully saturated rings. The van der Waals surface area contributed by atoms with Crippen molar-refractivity contribution in [2.75, 3.05) is 32.1 Å². The molecule has 2 N–H and O–H groups in total. The quantitative estimate of drug-likeness (QED) is 0.242. The Morgan fingerprint density at radius 1 is 1.36 bits per heavy atom. The van der Waals surface area contributed by atoms with Crippen LogP contribution in [0, 0.1) is 5.82 Å². The predicted octanol–water partition coefficient (Wildman–Crippen LogP) is 2.20. The molecule has 25 heavy (non-hydrogen) atoms. The van der Waals surface area contributed by atoms with Gasteiger partial charge in [-0.25, -0.2) is 12.8 Å². The van der Waals surface area contributed by atoms with Gasteiger partial charge in [0.05, 0.1) is 12.3 Å². The third kappa shape index (κ3) is 11.2. The maximum absolute atomic E-state index is 13.2. The normalized spacial score (nSPS) is 12.9. The van der Waals surface area contributed by atoms with Gasteiger partial charge >= 0.3 is 0 Å². The van der Waals surface area contributed by atoms with Crippen molar-refractivity contribution in [3.63, 3.8) is 0 Å². The molecule has 0 saturated heterocycles. The minimum absolute atomic E-state index is 0. The van der Waals surface area contributed by atoms with E-state index in [0.717, 1.165) is 6.42 Å². The van der Waals surface area contributed by atoms with Crippen LogP contribution in [0.5, 0.6) is 5.75 Å². The van der Waals surface area contributed by atoms with Crippen molar-refractivity contribution in [1.82, 2.24) is 10.6 Å². The second-order valence-corrected chi connectivity index (χ2v) is 7.73. The second kappa shape index (κ2) is 12.3. The SMILES string of the molecule is CCC(CNC(=NC)NCCCS(C)(=O)=O)Oc1cccc(F)c1.I. The van der Waals surface area contributed by atoms with Gasteiger partial charge in [-0.1, -0.05) is 13.0 Å². The van der Waals surface area contributed by atoms with Gasteiger partial charge in [-0.15, -0.1) is 24.0 Å². The van der Waals surface area contributed by atoms with Crippen molar-refractivity contribution >= 4 is 39.8 Å². The Labute approximate surface area is 166 Å². The molecule has 1 rings (SSSR count). The minimum Gasteiger partial charge on any atom is -0.489 e. The van der Waals surface area contributed by atoms with Crippen LogP contribution in [0.4, 0.5) is 4.39 Å². The number of nitrogens with one attached hydrogen (secondary N) is 2. The summed E-state index contributed by atoms with van der Waals surface area (Å²) in [4.78, 5) is 4.08. The van der Waals surface area contributed by atoms with Crippen LogP contribution in [0.1, 0.15) is 19.8 Å². The molecule has 6 nitrogen and oxygen atoms in total. The summed E-state index contributed by atoms with van der Waals surface area (Å²) in [5.74, 6) is 0.861. The molecular weight excluding hydrogens is 460 g/mol. The van der Waals surface area contributed by atoms with Crippen molar-refractivity contribution in [2.45, 2.75) is 25.9 Å². The van der Waals surface area contributed by atoms with Crippen LogP contribution < -0.4 is 15.4 Å². The molecule has 0 heterocycles. The highest BCUT2D eigenvalue weighted by Gasteiger charge is 2.10. The first-order valence-electron chi connectivity index (χ1n) is 7.88. The topological polar surface area (TPSA) is 79.8 Å². The van der Waals surface area contributed by atoms with Crippen LogP contribution in [-0.2, 0) is 9.84 Å². The largest absolute Gasteiger partial charge is 0.489 e. The second-order valence-electron chi connectivity index (χ2n) is 5.47. The van der Waals surface area contributed by atoms with Crippen molar-refractivity contribution in [3.8, 4) is 5.75 Å². The summed E-state index contributed by atoms with van der Waals surface area (Å²) in [6.45, 7) is 2.99. The maximum Gasteiger partial charge on any atom is 0.191 e. The van der Waals surface area contributed by atoms with Crippen molar-refractivity contribution in [1.29, 1.82) is 0 Å². The number of benzene rings is 1. The van der Waals surface area contributed by atoms with E-state index in [-0.39, 0.29) is 41.7 Å². The zero-order valence-corrected chi connectivity index (χ0v) is 17.9. The molecule has 0 aliphatic rings. The van der Waals surface area contributed by atoms with Crippen LogP contribution in [-0.4, -0.2) is 52.6 Å². The molecule has 0 bridgehead atoms. The van der Waals surface area contributed by atoms with Gasteiger partial charge < -0.3 is 15.4 Å². The first-order valence-corrected chi connectivity index (χ1v) is 9.94. The van der Waals surface area contributed by atoms with E-state index < -0.39 is 9.84 Å². The maximum atomic E-state index is 13.2. The highest BCUT2D eigenvalue weighted by molar-refractivity contribution is 14.0. The number of hydrogen-bond acceptors (Lipinski definition) is 4. The fourth-order valence-electron chi connectivity index (χ4n) is 1.97. The first-order chi connectivity index (χ1) is 11.3. The van der Waals surface area contributed by atoms with E-state index in [9.17, 15) is 12.8 Å². The van der Waals surface area contributed by atoms with Crippen LogP contribution >= 0.6 is 24.0 Å². The third-order valence-corrected chi connectivity index (χ3v) is 4.29.